The van der Waals surface area contributed by atoms with Crippen molar-refractivity contribution < 1.29 is 9.59 Å². The number of carbonyl (C=O) groups is 2. The second-order valence-electron chi connectivity index (χ2n) is 2.73. The highest BCUT2D eigenvalue weighted by atomic mass is 16.2. The van der Waals surface area contributed by atoms with E-state index in [-0.39, 0.29) is 24.7 Å². The fourth-order valence-corrected chi connectivity index (χ4v) is 1.27. The minimum Gasteiger partial charge on any atom is -0.297 e. The lowest BCUT2D eigenvalue weighted by atomic mass is 10.3. The van der Waals surface area contributed by atoms with Crippen LogP contribution in [0.3, 0.4) is 0 Å². The van der Waals surface area contributed by atoms with Gasteiger partial charge in [-0.15, -0.1) is 0 Å². The normalized spacial score (nSPS) is 17.5. The standard InChI is InChI=1S/C8H8N2O2/c11-7-5-8(12)10(6-7)9-3-1-2-4-9/h1-4H,5-6H2. The van der Waals surface area contributed by atoms with E-state index in [1.54, 1.807) is 17.1 Å². The summed E-state index contributed by atoms with van der Waals surface area (Å²) in [6, 6.07) is 3.63. The molecule has 0 atom stereocenters. The number of carbonyl (C=O) groups excluding carboxylic acids is 2. The van der Waals surface area contributed by atoms with E-state index in [0.29, 0.717) is 0 Å². The second-order valence-corrected chi connectivity index (χ2v) is 2.73. The van der Waals surface area contributed by atoms with E-state index in [9.17, 15) is 9.59 Å². The molecule has 0 unspecified atom stereocenters. The van der Waals surface area contributed by atoms with Gasteiger partial charge in [0.1, 0.15) is 6.54 Å². The highest BCUT2D eigenvalue weighted by Gasteiger charge is 2.27. The van der Waals surface area contributed by atoms with Crippen molar-refractivity contribution in [1.29, 1.82) is 0 Å². The third kappa shape index (κ3) is 1.01. The summed E-state index contributed by atoms with van der Waals surface area (Å²) >= 11 is 0. The maximum Gasteiger partial charge on any atom is 0.249 e. The molecule has 1 aliphatic heterocycles. The van der Waals surface area contributed by atoms with E-state index in [1.807, 2.05) is 12.1 Å². The monoisotopic (exact) mass is 164 g/mol. The topological polar surface area (TPSA) is 42.3 Å². The summed E-state index contributed by atoms with van der Waals surface area (Å²) in [5.74, 6) is -0.148. The van der Waals surface area contributed by atoms with Crippen LogP contribution in [0.25, 0.3) is 0 Å². The molecule has 0 saturated carbocycles. The minimum absolute atomic E-state index is 0.0197. The first-order valence-corrected chi connectivity index (χ1v) is 3.73. The van der Waals surface area contributed by atoms with Crippen molar-refractivity contribution in [2.45, 2.75) is 6.42 Å². The van der Waals surface area contributed by atoms with Crippen LogP contribution in [0.15, 0.2) is 24.5 Å². The van der Waals surface area contributed by atoms with Crippen LogP contribution in [0.4, 0.5) is 0 Å². The lowest BCUT2D eigenvalue weighted by Crippen LogP contribution is -2.34. The molecule has 1 aromatic rings. The molecule has 0 N–H and O–H groups in total. The second kappa shape index (κ2) is 2.48. The van der Waals surface area contributed by atoms with Crippen LogP contribution in [0.2, 0.25) is 0 Å². The van der Waals surface area contributed by atoms with Gasteiger partial charge in [0.15, 0.2) is 5.78 Å². The molecule has 0 radical (unpaired) electrons. The lowest BCUT2D eigenvalue weighted by Gasteiger charge is -2.15. The zero-order valence-corrected chi connectivity index (χ0v) is 6.43. The Morgan fingerprint density at radius 2 is 1.83 bits per heavy atom. The Balaban J connectivity index is 2.26. The number of ketones is 1. The first-order valence-electron chi connectivity index (χ1n) is 3.73. The maximum atomic E-state index is 11.2. The van der Waals surface area contributed by atoms with Crippen LogP contribution < -0.4 is 5.01 Å². The van der Waals surface area contributed by atoms with Crippen molar-refractivity contribution in [3.8, 4) is 0 Å². The number of nitrogens with zero attached hydrogens (tertiary/aromatic N) is 2. The molecule has 0 bridgehead atoms. The lowest BCUT2D eigenvalue weighted by molar-refractivity contribution is -0.121. The molecule has 2 rings (SSSR count). The van der Waals surface area contributed by atoms with Gasteiger partial charge in [0, 0.05) is 12.4 Å². The molecule has 1 aliphatic rings. The summed E-state index contributed by atoms with van der Waals surface area (Å²) < 4.78 is 1.63. The Morgan fingerprint density at radius 1 is 1.17 bits per heavy atom. The molecule has 1 aromatic heterocycles. The Bertz CT molecular complexity index is 316. The molecule has 4 nitrogen and oxygen atoms in total. The molecule has 0 aromatic carbocycles. The predicted octanol–water partition coefficient (Wildman–Crippen LogP) is -0.0745. The molecular weight excluding hydrogens is 156 g/mol. The summed E-state index contributed by atoms with van der Waals surface area (Å²) in [5.41, 5.74) is 0. The van der Waals surface area contributed by atoms with Crippen molar-refractivity contribution in [1.82, 2.24) is 4.68 Å². The molecule has 1 saturated heterocycles. The Morgan fingerprint density at radius 3 is 2.33 bits per heavy atom. The van der Waals surface area contributed by atoms with Gasteiger partial charge in [0.05, 0.1) is 6.42 Å². The summed E-state index contributed by atoms with van der Waals surface area (Å²) in [7, 11) is 0. The summed E-state index contributed by atoms with van der Waals surface area (Å²) in [5, 5.41) is 1.43. The minimum atomic E-state index is -0.129. The summed E-state index contributed by atoms with van der Waals surface area (Å²) in [6.45, 7) is 0.202. The van der Waals surface area contributed by atoms with E-state index in [1.165, 1.54) is 5.01 Å². The highest BCUT2D eigenvalue weighted by molar-refractivity contribution is 6.11. The number of aromatic nitrogens is 1. The van der Waals surface area contributed by atoms with E-state index in [0.717, 1.165) is 0 Å². The van der Waals surface area contributed by atoms with Crippen LogP contribution >= 0.6 is 0 Å². The summed E-state index contributed by atoms with van der Waals surface area (Å²) in [6.07, 6.45) is 3.53. The van der Waals surface area contributed by atoms with Crippen LogP contribution in [0.5, 0.6) is 0 Å². The highest BCUT2D eigenvalue weighted by Crippen LogP contribution is 2.05. The van der Waals surface area contributed by atoms with Crippen LogP contribution in [-0.2, 0) is 9.59 Å². The number of Topliss-reactive ketones (excluding diaryl/α,β-unsaturated/α-hetero) is 1. The quantitative estimate of drug-likeness (QED) is 0.545. The van der Waals surface area contributed by atoms with Gasteiger partial charge in [-0.25, -0.2) is 5.01 Å². The van der Waals surface area contributed by atoms with Gasteiger partial charge >= 0.3 is 0 Å². The van der Waals surface area contributed by atoms with Gasteiger partial charge in [-0.3, -0.25) is 14.3 Å². The summed E-state index contributed by atoms with van der Waals surface area (Å²) in [4.78, 5) is 22.1. The molecule has 2 heterocycles. The van der Waals surface area contributed by atoms with Crippen LogP contribution in [-0.4, -0.2) is 22.9 Å². The smallest absolute Gasteiger partial charge is 0.249 e. The van der Waals surface area contributed by atoms with Crippen molar-refractivity contribution in [2.75, 3.05) is 11.6 Å². The SMILES string of the molecule is O=C1CC(=O)N(n2cccc2)C1. The largest absolute Gasteiger partial charge is 0.297 e. The fourth-order valence-electron chi connectivity index (χ4n) is 1.27. The Hall–Kier alpha value is -1.58. The van der Waals surface area contributed by atoms with Gasteiger partial charge in [0.2, 0.25) is 5.91 Å². The molecule has 4 heteroatoms. The number of amides is 1. The van der Waals surface area contributed by atoms with Gasteiger partial charge in [-0.05, 0) is 12.1 Å². The number of hydrogen-bond donors (Lipinski definition) is 0. The third-order valence-electron chi connectivity index (χ3n) is 1.83. The van der Waals surface area contributed by atoms with Crippen molar-refractivity contribution >= 4 is 11.7 Å². The first-order chi connectivity index (χ1) is 5.77. The Labute approximate surface area is 69.4 Å². The van der Waals surface area contributed by atoms with Gasteiger partial charge in [0.25, 0.3) is 0 Å². The van der Waals surface area contributed by atoms with Crippen molar-refractivity contribution in [2.24, 2.45) is 0 Å². The zero-order valence-electron chi connectivity index (χ0n) is 6.43. The average Bonchev–Trinajstić information content (AvgIpc) is 2.58. The molecule has 0 spiro atoms. The molecule has 62 valence electrons. The van der Waals surface area contributed by atoms with E-state index >= 15 is 0 Å². The van der Waals surface area contributed by atoms with Gasteiger partial charge in [-0.1, -0.05) is 0 Å². The molecular formula is C8H8N2O2. The van der Waals surface area contributed by atoms with Gasteiger partial charge in [-0.2, -0.15) is 0 Å². The van der Waals surface area contributed by atoms with Gasteiger partial charge < -0.3 is 0 Å². The van der Waals surface area contributed by atoms with Crippen LogP contribution in [0, 0.1) is 0 Å². The number of hydrogen-bond acceptors (Lipinski definition) is 2. The first kappa shape index (κ1) is 7.09. The molecule has 1 fully saturated rings. The van der Waals surface area contributed by atoms with E-state index < -0.39 is 0 Å². The number of rotatable bonds is 1. The van der Waals surface area contributed by atoms with Crippen LogP contribution in [0.1, 0.15) is 6.42 Å². The van der Waals surface area contributed by atoms with Crippen molar-refractivity contribution in [3.05, 3.63) is 24.5 Å². The molecule has 12 heavy (non-hydrogen) atoms. The third-order valence-corrected chi connectivity index (χ3v) is 1.83. The average molecular weight is 164 g/mol. The molecule has 0 aliphatic carbocycles. The Kier molecular flexibility index (Phi) is 1.46. The fraction of sp³-hybridized carbons (Fsp3) is 0.250. The predicted molar refractivity (Wildman–Crippen MR) is 42.1 cm³/mol. The van der Waals surface area contributed by atoms with E-state index in [2.05, 4.69) is 0 Å². The maximum absolute atomic E-state index is 11.2. The molecule has 1 amide bonds. The van der Waals surface area contributed by atoms with E-state index in [4.69, 9.17) is 0 Å². The van der Waals surface area contributed by atoms with Crippen molar-refractivity contribution in [3.63, 3.8) is 0 Å². The zero-order chi connectivity index (χ0) is 8.55.